The van der Waals surface area contributed by atoms with Gasteiger partial charge in [-0.25, -0.2) is 0 Å². The van der Waals surface area contributed by atoms with Crippen LogP contribution in [0.4, 0.5) is 5.69 Å². The fourth-order valence-electron chi connectivity index (χ4n) is 2.01. The van der Waals surface area contributed by atoms with E-state index in [-0.39, 0.29) is 5.91 Å². The molecule has 1 heterocycles. The highest BCUT2D eigenvalue weighted by Crippen LogP contribution is 2.14. The van der Waals surface area contributed by atoms with Gasteiger partial charge in [0.25, 0.3) is 5.91 Å². The average molecular weight is 313 g/mol. The van der Waals surface area contributed by atoms with Crippen LogP contribution in [0.2, 0.25) is 0 Å². The number of benzene rings is 1. The Hall–Kier alpha value is -2.56. The Morgan fingerprint density at radius 2 is 1.96 bits per heavy atom. The number of hydrogen-bond donors (Lipinski definition) is 2. The predicted molar refractivity (Wildman–Crippen MR) is 91.7 cm³/mol. The van der Waals surface area contributed by atoms with Crippen LogP contribution in [0.1, 0.15) is 29.8 Å². The number of aromatic nitrogens is 1. The molecule has 0 saturated carbocycles. The zero-order valence-corrected chi connectivity index (χ0v) is 13.8. The molecule has 0 radical (unpaired) electrons. The minimum Gasteiger partial charge on any atom is -0.497 e. The second kappa shape index (κ2) is 8.17. The van der Waals surface area contributed by atoms with Crippen molar-refractivity contribution < 1.29 is 9.53 Å². The fraction of sp³-hybridized carbons (Fsp3) is 0.333. The van der Waals surface area contributed by atoms with Gasteiger partial charge in [0.05, 0.1) is 18.4 Å². The Morgan fingerprint density at radius 3 is 2.61 bits per heavy atom. The lowest BCUT2D eigenvalue weighted by Gasteiger charge is -2.10. The van der Waals surface area contributed by atoms with E-state index in [1.54, 1.807) is 19.5 Å². The molecule has 122 valence electrons. The van der Waals surface area contributed by atoms with Crippen LogP contribution in [-0.4, -0.2) is 24.5 Å². The number of amides is 1. The van der Waals surface area contributed by atoms with E-state index in [0.717, 1.165) is 17.0 Å². The van der Waals surface area contributed by atoms with Crippen molar-refractivity contribution in [3.05, 3.63) is 53.9 Å². The molecule has 0 atom stereocenters. The van der Waals surface area contributed by atoms with E-state index in [9.17, 15) is 4.79 Å². The summed E-state index contributed by atoms with van der Waals surface area (Å²) in [6, 6.07) is 9.65. The summed E-state index contributed by atoms with van der Waals surface area (Å²) in [5, 5.41) is 6.17. The van der Waals surface area contributed by atoms with Crippen molar-refractivity contribution in [1.82, 2.24) is 10.3 Å². The van der Waals surface area contributed by atoms with Gasteiger partial charge in [0.1, 0.15) is 5.75 Å². The molecular weight excluding hydrogens is 290 g/mol. The number of nitrogens with zero attached hydrogens (tertiary/aromatic N) is 1. The maximum Gasteiger partial charge on any atom is 0.252 e. The van der Waals surface area contributed by atoms with E-state index >= 15 is 0 Å². The third kappa shape index (κ3) is 5.29. The molecule has 0 fully saturated rings. The third-order valence-corrected chi connectivity index (χ3v) is 3.33. The van der Waals surface area contributed by atoms with Gasteiger partial charge in [0, 0.05) is 25.5 Å². The molecule has 23 heavy (non-hydrogen) atoms. The SMILES string of the molecule is COc1ccc(CNc2cncc(C(=O)NCC(C)C)c2)cc1. The minimum absolute atomic E-state index is 0.0979. The molecule has 0 aliphatic heterocycles. The summed E-state index contributed by atoms with van der Waals surface area (Å²) in [4.78, 5) is 16.2. The monoisotopic (exact) mass is 313 g/mol. The smallest absolute Gasteiger partial charge is 0.252 e. The Bertz CT molecular complexity index is 639. The van der Waals surface area contributed by atoms with E-state index in [1.807, 2.05) is 30.3 Å². The Morgan fingerprint density at radius 1 is 1.22 bits per heavy atom. The van der Waals surface area contributed by atoms with E-state index in [4.69, 9.17) is 4.74 Å². The van der Waals surface area contributed by atoms with E-state index in [1.165, 1.54) is 0 Å². The summed E-state index contributed by atoms with van der Waals surface area (Å²) in [6.45, 7) is 5.43. The Labute approximate surface area is 137 Å². The first-order valence-electron chi connectivity index (χ1n) is 7.68. The van der Waals surface area contributed by atoms with Crippen LogP contribution >= 0.6 is 0 Å². The summed E-state index contributed by atoms with van der Waals surface area (Å²) in [5.74, 6) is 1.15. The number of ether oxygens (including phenoxy) is 1. The number of carbonyl (C=O) groups excluding carboxylic acids is 1. The topological polar surface area (TPSA) is 63.2 Å². The number of anilines is 1. The molecule has 5 nitrogen and oxygen atoms in total. The summed E-state index contributed by atoms with van der Waals surface area (Å²) in [5.41, 5.74) is 2.50. The Balaban J connectivity index is 1.95. The summed E-state index contributed by atoms with van der Waals surface area (Å²) in [7, 11) is 1.65. The zero-order chi connectivity index (χ0) is 16.7. The van der Waals surface area contributed by atoms with Crippen molar-refractivity contribution in [3.63, 3.8) is 0 Å². The molecule has 1 amide bonds. The highest BCUT2D eigenvalue weighted by molar-refractivity contribution is 5.94. The van der Waals surface area contributed by atoms with Crippen LogP contribution in [0.15, 0.2) is 42.7 Å². The van der Waals surface area contributed by atoms with Crippen LogP contribution in [0, 0.1) is 5.92 Å². The number of methoxy groups -OCH3 is 1. The molecule has 0 bridgehead atoms. The third-order valence-electron chi connectivity index (χ3n) is 3.33. The number of hydrogen-bond acceptors (Lipinski definition) is 4. The van der Waals surface area contributed by atoms with Gasteiger partial charge in [-0.2, -0.15) is 0 Å². The van der Waals surface area contributed by atoms with Crippen molar-refractivity contribution in [2.45, 2.75) is 20.4 Å². The molecule has 2 rings (SSSR count). The van der Waals surface area contributed by atoms with Crippen molar-refractivity contribution in [2.75, 3.05) is 19.0 Å². The van der Waals surface area contributed by atoms with Crippen LogP contribution < -0.4 is 15.4 Å². The van der Waals surface area contributed by atoms with Gasteiger partial charge in [0.2, 0.25) is 0 Å². The Kier molecular flexibility index (Phi) is 5.97. The molecule has 1 aromatic carbocycles. The largest absolute Gasteiger partial charge is 0.497 e. The maximum atomic E-state index is 12.1. The molecule has 0 spiro atoms. The summed E-state index contributed by atoms with van der Waals surface area (Å²) in [6.07, 6.45) is 3.29. The molecule has 0 saturated heterocycles. The molecule has 0 aliphatic carbocycles. The van der Waals surface area contributed by atoms with Gasteiger partial charge in [-0.05, 0) is 29.7 Å². The molecule has 5 heteroatoms. The number of carbonyl (C=O) groups is 1. The van der Waals surface area contributed by atoms with Crippen molar-refractivity contribution in [2.24, 2.45) is 5.92 Å². The standard InChI is InChI=1S/C18H23N3O2/c1-13(2)9-21-18(22)15-8-16(12-19-11-15)20-10-14-4-6-17(23-3)7-5-14/h4-8,11-13,20H,9-10H2,1-3H3,(H,21,22). The van der Waals surface area contributed by atoms with E-state index in [2.05, 4.69) is 29.5 Å². The molecule has 0 aliphatic rings. The second-order valence-electron chi connectivity index (χ2n) is 5.77. The van der Waals surface area contributed by atoms with Crippen LogP contribution in [0.25, 0.3) is 0 Å². The van der Waals surface area contributed by atoms with Crippen LogP contribution in [0.5, 0.6) is 5.75 Å². The highest BCUT2D eigenvalue weighted by Gasteiger charge is 2.07. The first-order chi connectivity index (χ1) is 11.1. The van der Waals surface area contributed by atoms with Crippen molar-refractivity contribution in [1.29, 1.82) is 0 Å². The molecular formula is C18H23N3O2. The number of nitrogens with one attached hydrogen (secondary N) is 2. The lowest BCUT2D eigenvalue weighted by Crippen LogP contribution is -2.27. The van der Waals surface area contributed by atoms with Crippen molar-refractivity contribution in [3.8, 4) is 5.75 Å². The fourth-order valence-corrected chi connectivity index (χ4v) is 2.01. The van der Waals surface area contributed by atoms with E-state index in [0.29, 0.717) is 24.6 Å². The van der Waals surface area contributed by atoms with E-state index < -0.39 is 0 Å². The van der Waals surface area contributed by atoms with Crippen LogP contribution in [0.3, 0.4) is 0 Å². The molecule has 2 N–H and O–H groups in total. The lowest BCUT2D eigenvalue weighted by atomic mass is 10.2. The number of pyridine rings is 1. The first-order valence-corrected chi connectivity index (χ1v) is 7.68. The summed E-state index contributed by atoms with van der Waals surface area (Å²) >= 11 is 0. The zero-order valence-electron chi connectivity index (χ0n) is 13.8. The summed E-state index contributed by atoms with van der Waals surface area (Å²) < 4.78 is 5.14. The maximum absolute atomic E-state index is 12.1. The van der Waals surface area contributed by atoms with Gasteiger partial charge in [-0.1, -0.05) is 26.0 Å². The van der Waals surface area contributed by atoms with Crippen LogP contribution in [-0.2, 0) is 6.54 Å². The quantitative estimate of drug-likeness (QED) is 0.824. The molecule has 2 aromatic rings. The van der Waals surface area contributed by atoms with Gasteiger partial charge in [0.15, 0.2) is 0 Å². The molecule has 1 aromatic heterocycles. The highest BCUT2D eigenvalue weighted by atomic mass is 16.5. The van der Waals surface area contributed by atoms with Gasteiger partial charge in [-0.15, -0.1) is 0 Å². The van der Waals surface area contributed by atoms with Crippen molar-refractivity contribution >= 4 is 11.6 Å². The predicted octanol–water partition coefficient (Wildman–Crippen LogP) is 3.09. The second-order valence-corrected chi connectivity index (χ2v) is 5.77. The first kappa shape index (κ1) is 16.8. The lowest BCUT2D eigenvalue weighted by molar-refractivity contribution is 0.0948. The number of rotatable bonds is 7. The van der Waals surface area contributed by atoms with Gasteiger partial charge < -0.3 is 15.4 Å². The normalized spacial score (nSPS) is 10.4. The van der Waals surface area contributed by atoms with Gasteiger partial charge >= 0.3 is 0 Å². The molecule has 0 unspecified atom stereocenters. The minimum atomic E-state index is -0.0979. The average Bonchev–Trinajstić information content (AvgIpc) is 2.58. The van der Waals surface area contributed by atoms with Gasteiger partial charge in [-0.3, -0.25) is 9.78 Å².